The Balaban J connectivity index is 2.33. The van der Waals surface area contributed by atoms with Crippen molar-refractivity contribution in [2.24, 2.45) is 0 Å². The Morgan fingerprint density at radius 3 is 2.82 bits per heavy atom. The minimum Gasteiger partial charge on any atom is -0.478 e. The first-order chi connectivity index (χ1) is 8.22. The number of hydrogen-bond donors (Lipinski definition) is 1. The van der Waals surface area contributed by atoms with Crippen molar-refractivity contribution in [2.45, 2.75) is 13.8 Å². The molecule has 0 amide bonds. The molecule has 0 aliphatic carbocycles. The molecule has 0 bridgehead atoms. The maximum Gasteiger partial charge on any atom is 0.213 e. The number of rotatable bonds is 4. The van der Waals surface area contributed by atoms with Gasteiger partial charge in [-0.2, -0.15) is 0 Å². The van der Waals surface area contributed by atoms with E-state index in [1.807, 2.05) is 13.0 Å². The summed E-state index contributed by atoms with van der Waals surface area (Å²) in [6.07, 6.45) is 5.21. The molecule has 0 saturated carbocycles. The third-order valence-electron chi connectivity index (χ3n) is 2.46. The highest BCUT2D eigenvalue weighted by atomic mass is 16.5. The van der Waals surface area contributed by atoms with E-state index < -0.39 is 0 Å². The number of ether oxygens (including phenoxy) is 1. The molecule has 4 heteroatoms. The Morgan fingerprint density at radius 1 is 1.41 bits per heavy atom. The van der Waals surface area contributed by atoms with Crippen LogP contribution in [0.15, 0.2) is 30.7 Å². The van der Waals surface area contributed by atoms with Gasteiger partial charge in [-0.3, -0.25) is 4.79 Å². The van der Waals surface area contributed by atoms with Gasteiger partial charge in [0.2, 0.25) is 5.88 Å². The second-order valence-electron chi connectivity index (χ2n) is 3.66. The van der Waals surface area contributed by atoms with Gasteiger partial charge in [0.05, 0.1) is 6.61 Å². The molecule has 17 heavy (non-hydrogen) atoms. The van der Waals surface area contributed by atoms with Gasteiger partial charge in [-0.1, -0.05) is 0 Å². The van der Waals surface area contributed by atoms with Crippen molar-refractivity contribution >= 4 is 5.78 Å². The predicted molar refractivity (Wildman–Crippen MR) is 65.2 cm³/mol. The fourth-order valence-electron chi connectivity index (χ4n) is 1.67. The van der Waals surface area contributed by atoms with Gasteiger partial charge in [0.15, 0.2) is 5.78 Å². The number of nitrogens with zero attached hydrogens (tertiary/aromatic N) is 1. The van der Waals surface area contributed by atoms with Crippen molar-refractivity contribution in [3.63, 3.8) is 0 Å². The Morgan fingerprint density at radius 2 is 2.24 bits per heavy atom. The molecule has 0 unspecified atom stereocenters. The van der Waals surface area contributed by atoms with Crippen LogP contribution in [0.5, 0.6) is 5.88 Å². The smallest absolute Gasteiger partial charge is 0.213 e. The van der Waals surface area contributed by atoms with E-state index in [0.717, 1.165) is 11.1 Å². The summed E-state index contributed by atoms with van der Waals surface area (Å²) in [5.41, 5.74) is 2.45. The Bertz CT molecular complexity index is 514. The van der Waals surface area contributed by atoms with Crippen LogP contribution in [0, 0.1) is 0 Å². The van der Waals surface area contributed by atoms with E-state index in [4.69, 9.17) is 4.74 Å². The number of carbonyl (C=O) groups is 1. The number of H-pyrrole nitrogens is 1. The molecule has 0 spiro atoms. The molecular formula is C13H14N2O2. The van der Waals surface area contributed by atoms with E-state index in [0.29, 0.717) is 18.1 Å². The summed E-state index contributed by atoms with van der Waals surface area (Å²) < 4.78 is 5.27. The van der Waals surface area contributed by atoms with E-state index in [9.17, 15) is 4.79 Å². The zero-order valence-electron chi connectivity index (χ0n) is 9.86. The van der Waals surface area contributed by atoms with Crippen molar-refractivity contribution in [3.8, 4) is 17.0 Å². The molecule has 88 valence electrons. The summed E-state index contributed by atoms with van der Waals surface area (Å²) in [6.45, 7) is 4.06. The van der Waals surface area contributed by atoms with Crippen LogP contribution >= 0.6 is 0 Å². The summed E-state index contributed by atoms with van der Waals surface area (Å²) in [7, 11) is 0. The molecule has 0 aliphatic rings. The minimum absolute atomic E-state index is 0.0372. The number of ketones is 1. The first-order valence-electron chi connectivity index (χ1n) is 5.49. The third-order valence-corrected chi connectivity index (χ3v) is 2.46. The highest BCUT2D eigenvalue weighted by molar-refractivity contribution is 6.00. The molecule has 1 N–H and O–H groups in total. The summed E-state index contributed by atoms with van der Waals surface area (Å²) in [4.78, 5) is 18.5. The van der Waals surface area contributed by atoms with Crippen LogP contribution in [0.3, 0.4) is 0 Å². The molecule has 0 radical (unpaired) electrons. The van der Waals surface area contributed by atoms with Crippen LogP contribution in [-0.4, -0.2) is 22.4 Å². The summed E-state index contributed by atoms with van der Waals surface area (Å²) in [5.74, 6) is 0.631. The lowest BCUT2D eigenvalue weighted by Crippen LogP contribution is -1.95. The molecule has 2 aromatic heterocycles. The van der Waals surface area contributed by atoms with Crippen LogP contribution < -0.4 is 4.74 Å². The lowest BCUT2D eigenvalue weighted by molar-refractivity contribution is 0.101. The fraction of sp³-hybridized carbons (Fsp3) is 0.231. The SMILES string of the molecule is CCOc1ccc(-c2c[nH]cc2C(C)=O)cn1. The number of Topliss-reactive ketones (excluding diaryl/α,β-unsaturated/α-hetero) is 1. The molecule has 0 aliphatic heterocycles. The average Bonchev–Trinajstić information content (AvgIpc) is 2.79. The number of carbonyl (C=O) groups excluding carboxylic acids is 1. The van der Waals surface area contributed by atoms with Crippen LogP contribution in [0.2, 0.25) is 0 Å². The number of pyridine rings is 1. The Labute approximate surface area is 99.7 Å². The normalized spacial score (nSPS) is 10.2. The first kappa shape index (κ1) is 11.4. The van der Waals surface area contributed by atoms with Crippen molar-refractivity contribution in [3.05, 3.63) is 36.3 Å². The topological polar surface area (TPSA) is 55.0 Å². The first-order valence-corrected chi connectivity index (χ1v) is 5.49. The highest BCUT2D eigenvalue weighted by Gasteiger charge is 2.10. The molecule has 0 aromatic carbocycles. The number of nitrogens with one attached hydrogen (secondary N) is 1. The van der Waals surface area contributed by atoms with E-state index in [-0.39, 0.29) is 5.78 Å². The lowest BCUT2D eigenvalue weighted by atomic mass is 10.0. The molecule has 2 heterocycles. The van der Waals surface area contributed by atoms with Crippen molar-refractivity contribution in [2.75, 3.05) is 6.61 Å². The third kappa shape index (κ3) is 2.36. The van der Waals surface area contributed by atoms with Gasteiger partial charge < -0.3 is 9.72 Å². The maximum absolute atomic E-state index is 11.4. The average molecular weight is 230 g/mol. The largest absolute Gasteiger partial charge is 0.478 e. The van der Waals surface area contributed by atoms with E-state index in [2.05, 4.69) is 9.97 Å². The van der Waals surface area contributed by atoms with E-state index in [1.54, 1.807) is 31.6 Å². The molecule has 0 atom stereocenters. The maximum atomic E-state index is 11.4. The number of aromatic nitrogens is 2. The quantitative estimate of drug-likeness (QED) is 0.821. The van der Waals surface area contributed by atoms with E-state index in [1.165, 1.54) is 0 Å². The van der Waals surface area contributed by atoms with Gasteiger partial charge in [0.25, 0.3) is 0 Å². The molecule has 0 fully saturated rings. The van der Waals surface area contributed by atoms with Crippen LogP contribution in [0.1, 0.15) is 24.2 Å². The van der Waals surface area contributed by atoms with Gasteiger partial charge in [-0.25, -0.2) is 4.98 Å². The summed E-state index contributed by atoms with van der Waals surface area (Å²) in [6, 6.07) is 3.70. The Hall–Kier alpha value is -2.10. The second-order valence-corrected chi connectivity index (χ2v) is 3.66. The molecule has 2 aromatic rings. The number of hydrogen-bond acceptors (Lipinski definition) is 3. The van der Waals surface area contributed by atoms with E-state index >= 15 is 0 Å². The summed E-state index contributed by atoms with van der Waals surface area (Å²) >= 11 is 0. The standard InChI is InChI=1S/C13H14N2O2/c1-3-17-13-5-4-10(6-15-13)12-8-14-7-11(12)9(2)16/h4-8,14H,3H2,1-2H3. The minimum atomic E-state index is 0.0372. The van der Waals surface area contributed by atoms with Gasteiger partial charge in [0, 0.05) is 41.3 Å². The highest BCUT2D eigenvalue weighted by Crippen LogP contribution is 2.24. The van der Waals surface area contributed by atoms with Gasteiger partial charge in [-0.05, 0) is 19.9 Å². The fourth-order valence-corrected chi connectivity index (χ4v) is 1.67. The van der Waals surface area contributed by atoms with Gasteiger partial charge in [-0.15, -0.1) is 0 Å². The van der Waals surface area contributed by atoms with Crippen LogP contribution in [0.4, 0.5) is 0 Å². The molecule has 4 nitrogen and oxygen atoms in total. The van der Waals surface area contributed by atoms with Gasteiger partial charge in [0.1, 0.15) is 0 Å². The predicted octanol–water partition coefficient (Wildman–Crippen LogP) is 2.68. The van der Waals surface area contributed by atoms with Crippen LogP contribution in [0.25, 0.3) is 11.1 Å². The van der Waals surface area contributed by atoms with Crippen LogP contribution in [-0.2, 0) is 0 Å². The Kier molecular flexibility index (Phi) is 3.23. The van der Waals surface area contributed by atoms with Crippen molar-refractivity contribution in [1.82, 2.24) is 9.97 Å². The molecular weight excluding hydrogens is 216 g/mol. The molecule has 2 rings (SSSR count). The lowest BCUT2D eigenvalue weighted by Gasteiger charge is -2.04. The zero-order valence-corrected chi connectivity index (χ0v) is 9.86. The second kappa shape index (κ2) is 4.82. The number of aromatic amines is 1. The summed E-state index contributed by atoms with van der Waals surface area (Å²) in [5, 5.41) is 0. The van der Waals surface area contributed by atoms with Crippen molar-refractivity contribution in [1.29, 1.82) is 0 Å². The van der Waals surface area contributed by atoms with Crippen molar-refractivity contribution < 1.29 is 9.53 Å². The van der Waals surface area contributed by atoms with Gasteiger partial charge >= 0.3 is 0 Å². The zero-order chi connectivity index (χ0) is 12.3. The molecule has 0 saturated heterocycles. The monoisotopic (exact) mass is 230 g/mol.